The standard InChI is InChI=1S/2C6H10O/c2*1-2-3-4-5-6-7/h4-6H,2-3H2,1H3;3-4,6H,2,5H2,1H3/b5-4+;4-3-. The maximum absolute atomic E-state index is 9.63. The van der Waals surface area contributed by atoms with Gasteiger partial charge in [-0.1, -0.05) is 38.5 Å². The van der Waals surface area contributed by atoms with Crippen LogP contribution in [0.2, 0.25) is 0 Å². The highest BCUT2D eigenvalue weighted by Gasteiger charge is 1.68. The van der Waals surface area contributed by atoms with Crippen LogP contribution >= 0.6 is 0 Å². The van der Waals surface area contributed by atoms with Crippen molar-refractivity contribution in [3.63, 3.8) is 0 Å². The summed E-state index contributed by atoms with van der Waals surface area (Å²) >= 11 is 0. The lowest BCUT2D eigenvalue weighted by Crippen LogP contribution is -1.63. The van der Waals surface area contributed by atoms with E-state index in [2.05, 4.69) is 6.92 Å². The van der Waals surface area contributed by atoms with Crippen LogP contribution in [0.25, 0.3) is 0 Å². The molecule has 0 aliphatic carbocycles. The minimum absolute atomic E-state index is 0.563. The Labute approximate surface area is 86.7 Å². The van der Waals surface area contributed by atoms with E-state index in [9.17, 15) is 9.59 Å². The fraction of sp³-hybridized carbons (Fsp3) is 0.500. The van der Waals surface area contributed by atoms with Gasteiger partial charge in [0.05, 0.1) is 0 Å². The smallest absolute Gasteiger partial charge is 0.142 e. The normalized spacial score (nSPS) is 9.86. The predicted octanol–water partition coefficient (Wildman–Crippen LogP) is 3.08. The molecule has 0 radical (unpaired) electrons. The van der Waals surface area contributed by atoms with Crippen LogP contribution in [0.15, 0.2) is 24.3 Å². The summed E-state index contributed by atoms with van der Waals surface area (Å²) in [4.78, 5) is 19.2. The Morgan fingerprint density at radius 3 is 2.14 bits per heavy atom. The molecule has 0 fully saturated rings. The summed E-state index contributed by atoms with van der Waals surface area (Å²) in [5, 5.41) is 0. The molecule has 0 aliphatic rings. The monoisotopic (exact) mass is 196 g/mol. The summed E-state index contributed by atoms with van der Waals surface area (Å²) < 4.78 is 0. The highest BCUT2D eigenvalue weighted by Crippen LogP contribution is 1.85. The summed E-state index contributed by atoms with van der Waals surface area (Å²) in [6, 6.07) is 0. The van der Waals surface area contributed by atoms with Crippen molar-refractivity contribution >= 4 is 12.6 Å². The van der Waals surface area contributed by atoms with Gasteiger partial charge in [-0.3, -0.25) is 4.79 Å². The number of aldehydes is 2. The molecule has 0 aromatic rings. The van der Waals surface area contributed by atoms with E-state index in [1.54, 1.807) is 0 Å². The van der Waals surface area contributed by atoms with Crippen molar-refractivity contribution in [3.05, 3.63) is 24.3 Å². The molecule has 0 aromatic heterocycles. The second kappa shape index (κ2) is 17.8. The lowest BCUT2D eigenvalue weighted by Gasteiger charge is -1.76. The van der Waals surface area contributed by atoms with E-state index in [-0.39, 0.29) is 0 Å². The minimum Gasteiger partial charge on any atom is -0.303 e. The Kier molecular flexibility index (Phi) is 19.4. The molecule has 0 heterocycles. The Balaban J connectivity index is 0. The molecule has 2 nitrogen and oxygen atoms in total. The van der Waals surface area contributed by atoms with E-state index < -0.39 is 0 Å². The number of unbranched alkanes of at least 4 members (excludes halogenated alkanes) is 1. The third kappa shape index (κ3) is 22.4. The highest BCUT2D eigenvalue weighted by atomic mass is 16.1. The number of allylic oxidation sites excluding steroid dienone is 4. The molecule has 0 bridgehead atoms. The molecule has 0 saturated heterocycles. The first-order chi connectivity index (χ1) is 6.83. The maximum Gasteiger partial charge on any atom is 0.142 e. The van der Waals surface area contributed by atoms with Gasteiger partial charge in [-0.2, -0.15) is 0 Å². The van der Waals surface area contributed by atoms with Gasteiger partial charge in [0.25, 0.3) is 0 Å². The van der Waals surface area contributed by atoms with Crippen LogP contribution in [0.5, 0.6) is 0 Å². The molecule has 0 aromatic carbocycles. The van der Waals surface area contributed by atoms with Crippen molar-refractivity contribution in [2.45, 2.75) is 39.5 Å². The summed E-state index contributed by atoms with van der Waals surface area (Å²) in [5.41, 5.74) is 0. The number of hydrogen-bond donors (Lipinski definition) is 0. The average Bonchev–Trinajstić information content (AvgIpc) is 2.21. The first-order valence-electron chi connectivity index (χ1n) is 5.02. The Bertz CT molecular complexity index is 169. The van der Waals surface area contributed by atoms with Gasteiger partial charge < -0.3 is 4.79 Å². The molecule has 0 N–H and O–H groups in total. The van der Waals surface area contributed by atoms with Crippen molar-refractivity contribution in [3.8, 4) is 0 Å². The molecule has 14 heavy (non-hydrogen) atoms. The fourth-order valence-corrected chi connectivity index (χ4v) is 0.637. The second-order valence-corrected chi connectivity index (χ2v) is 2.63. The van der Waals surface area contributed by atoms with Crippen molar-refractivity contribution in [2.24, 2.45) is 0 Å². The molecule has 0 unspecified atom stereocenters. The molecular formula is C12H20O2. The van der Waals surface area contributed by atoms with E-state index in [4.69, 9.17) is 0 Å². The van der Waals surface area contributed by atoms with E-state index >= 15 is 0 Å². The van der Waals surface area contributed by atoms with E-state index in [0.29, 0.717) is 6.42 Å². The van der Waals surface area contributed by atoms with Crippen molar-refractivity contribution < 1.29 is 9.59 Å². The van der Waals surface area contributed by atoms with Crippen LogP contribution in [0.1, 0.15) is 39.5 Å². The zero-order valence-electron chi connectivity index (χ0n) is 9.11. The number of carbonyl (C=O) groups is 2. The molecule has 0 amide bonds. The lowest BCUT2D eigenvalue weighted by atomic mass is 10.3. The van der Waals surface area contributed by atoms with E-state index in [1.807, 2.05) is 25.2 Å². The largest absolute Gasteiger partial charge is 0.303 e. The summed E-state index contributed by atoms with van der Waals surface area (Å²) in [5.74, 6) is 0. The molecular weight excluding hydrogens is 176 g/mol. The van der Waals surface area contributed by atoms with Gasteiger partial charge in [-0.05, 0) is 18.9 Å². The van der Waals surface area contributed by atoms with Gasteiger partial charge >= 0.3 is 0 Å². The quantitative estimate of drug-likeness (QED) is 0.371. The summed E-state index contributed by atoms with van der Waals surface area (Å²) in [7, 11) is 0. The van der Waals surface area contributed by atoms with Crippen LogP contribution in [0.3, 0.4) is 0 Å². The molecule has 0 spiro atoms. The van der Waals surface area contributed by atoms with Crippen LogP contribution < -0.4 is 0 Å². The highest BCUT2D eigenvalue weighted by molar-refractivity contribution is 5.64. The second-order valence-electron chi connectivity index (χ2n) is 2.63. The molecule has 0 atom stereocenters. The Morgan fingerprint density at radius 2 is 1.71 bits per heavy atom. The summed E-state index contributed by atoms with van der Waals surface area (Å²) in [6.07, 6.45) is 12.7. The number of hydrogen-bond acceptors (Lipinski definition) is 2. The van der Waals surface area contributed by atoms with Gasteiger partial charge in [0, 0.05) is 6.42 Å². The molecule has 0 saturated carbocycles. The molecule has 0 aliphatic heterocycles. The topological polar surface area (TPSA) is 34.1 Å². The maximum atomic E-state index is 9.63. The average molecular weight is 196 g/mol. The van der Waals surface area contributed by atoms with E-state index in [0.717, 1.165) is 31.8 Å². The first kappa shape index (κ1) is 15.3. The zero-order valence-corrected chi connectivity index (χ0v) is 9.11. The van der Waals surface area contributed by atoms with Crippen LogP contribution in [-0.2, 0) is 9.59 Å². The van der Waals surface area contributed by atoms with Gasteiger partial charge in [-0.25, -0.2) is 0 Å². The van der Waals surface area contributed by atoms with Gasteiger partial charge in [0.2, 0.25) is 0 Å². The summed E-state index contributed by atoms with van der Waals surface area (Å²) in [6.45, 7) is 4.12. The van der Waals surface area contributed by atoms with Gasteiger partial charge in [0.15, 0.2) is 0 Å². The van der Waals surface area contributed by atoms with Crippen LogP contribution in [0, 0.1) is 0 Å². The first-order valence-corrected chi connectivity index (χ1v) is 5.02. The van der Waals surface area contributed by atoms with Gasteiger partial charge in [0.1, 0.15) is 12.6 Å². The molecule has 80 valence electrons. The number of rotatable bonds is 6. The molecule has 0 rings (SSSR count). The predicted molar refractivity (Wildman–Crippen MR) is 60.2 cm³/mol. The Morgan fingerprint density at radius 1 is 1.00 bits per heavy atom. The van der Waals surface area contributed by atoms with Crippen LogP contribution in [0.4, 0.5) is 0 Å². The molecule has 2 heteroatoms. The fourth-order valence-electron chi connectivity index (χ4n) is 0.637. The minimum atomic E-state index is 0.563. The third-order valence-electron chi connectivity index (χ3n) is 1.30. The van der Waals surface area contributed by atoms with Crippen molar-refractivity contribution in [2.75, 3.05) is 0 Å². The SMILES string of the molecule is CC/C=C\CC=O.CCC/C=C/C=O. The van der Waals surface area contributed by atoms with Crippen molar-refractivity contribution in [1.82, 2.24) is 0 Å². The zero-order chi connectivity index (χ0) is 11.1. The van der Waals surface area contributed by atoms with Crippen molar-refractivity contribution in [1.29, 1.82) is 0 Å². The Hall–Kier alpha value is -1.18. The van der Waals surface area contributed by atoms with E-state index in [1.165, 1.54) is 6.08 Å². The lowest BCUT2D eigenvalue weighted by molar-refractivity contribution is -0.107. The van der Waals surface area contributed by atoms with Crippen LogP contribution in [-0.4, -0.2) is 12.6 Å². The third-order valence-corrected chi connectivity index (χ3v) is 1.30. The number of carbonyl (C=O) groups excluding carboxylic acids is 2. The van der Waals surface area contributed by atoms with Gasteiger partial charge in [-0.15, -0.1) is 0 Å².